The molecule has 6 nitrogen and oxygen atoms in total. The summed E-state index contributed by atoms with van der Waals surface area (Å²) in [5.74, 6) is -1.89. The number of ether oxygens (including phenoxy) is 1. The highest BCUT2D eigenvalue weighted by molar-refractivity contribution is 6.24. The van der Waals surface area contributed by atoms with E-state index in [1.54, 1.807) is 24.5 Å². The predicted molar refractivity (Wildman–Crippen MR) is 94.8 cm³/mol. The number of aliphatic hydroxyl groups is 1. The molecule has 0 fully saturated rings. The number of esters is 1. The van der Waals surface area contributed by atoms with Crippen LogP contribution in [0.3, 0.4) is 0 Å². The number of Topliss-reactive ketones (excluding diaryl/α,β-unsaturated/α-hetero) is 1. The van der Waals surface area contributed by atoms with Crippen molar-refractivity contribution in [2.75, 3.05) is 7.11 Å². The van der Waals surface area contributed by atoms with Crippen molar-refractivity contribution in [3.63, 3.8) is 0 Å². The zero-order chi connectivity index (χ0) is 18.6. The van der Waals surface area contributed by atoms with Gasteiger partial charge in [0, 0.05) is 18.8 Å². The van der Waals surface area contributed by atoms with E-state index in [0.29, 0.717) is 24.2 Å². The van der Waals surface area contributed by atoms with Crippen LogP contribution < -0.4 is 0 Å². The SMILES string of the molecule is CCCC(=O)C1=C(O)C(C(=O)OC)C(C)(C)CC1=Nc1ccncc1. The van der Waals surface area contributed by atoms with Gasteiger partial charge in [0.25, 0.3) is 0 Å². The van der Waals surface area contributed by atoms with Crippen molar-refractivity contribution < 1.29 is 19.4 Å². The summed E-state index contributed by atoms with van der Waals surface area (Å²) >= 11 is 0. The molecule has 2 rings (SSSR count). The molecule has 0 amide bonds. The minimum atomic E-state index is -0.885. The lowest BCUT2D eigenvalue weighted by molar-refractivity contribution is -0.149. The summed E-state index contributed by atoms with van der Waals surface area (Å²) in [6.07, 6.45) is 4.53. The third kappa shape index (κ3) is 3.95. The van der Waals surface area contributed by atoms with Gasteiger partial charge in [-0.1, -0.05) is 20.8 Å². The predicted octanol–water partition coefficient (Wildman–Crippen LogP) is 3.55. The van der Waals surface area contributed by atoms with Gasteiger partial charge in [-0.25, -0.2) is 0 Å². The van der Waals surface area contributed by atoms with E-state index in [0.717, 1.165) is 0 Å². The highest BCUT2D eigenvalue weighted by atomic mass is 16.5. The Hall–Kier alpha value is -2.50. The number of nitrogens with zero attached hydrogens (tertiary/aromatic N) is 2. The Bertz CT molecular complexity index is 720. The number of rotatable bonds is 5. The molecular weight excluding hydrogens is 320 g/mol. The van der Waals surface area contributed by atoms with Crippen molar-refractivity contribution in [2.45, 2.75) is 40.0 Å². The molecule has 1 heterocycles. The molecule has 0 spiro atoms. The maximum atomic E-state index is 12.6. The first-order valence-corrected chi connectivity index (χ1v) is 8.34. The second-order valence-corrected chi connectivity index (χ2v) is 6.82. The summed E-state index contributed by atoms with van der Waals surface area (Å²) in [6, 6.07) is 3.46. The average molecular weight is 344 g/mol. The smallest absolute Gasteiger partial charge is 0.316 e. The van der Waals surface area contributed by atoms with Crippen LogP contribution in [-0.2, 0) is 14.3 Å². The lowest BCUT2D eigenvalue weighted by Crippen LogP contribution is -2.41. The van der Waals surface area contributed by atoms with Crippen molar-refractivity contribution >= 4 is 23.2 Å². The van der Waals surface area contributed by atoms with E-state index in [1.807, 2.05) is 20.8 Å². The van der Waals surface area contributed by atoms with E-state index in [9.17, 15) is 14.7 Å². The highest BCUT2D eigenvalue weighted by Gasteiger charge is 2.47. The van der Waals surface area contributed by atoms with Crippen LogP contribution in [0.15, 0.2) is 40.9 Å². The summed E-state index contributed by atoms with van der Waals surface area (Å²) in [5.41, 5.74) is 0.659. The summed E-state index contributed by atoms with van der Waals surface area (Å²) < 4.78 is 4.84. The van der Waals surface area contributed by atoms with Gasteiger partial charge in [0.2, 0.25) is 0 Å². The first-order valence-electron chi connectivity index (χ1n) is 8.34. The van der Waals surface area contributed by atoms with Crippen LogP contribution in [0.2, 0.25) is 0 Å². The minimum absolute atomic E-state index is 0.147. The molecule has 0 bridgehead atoms. The number of carbonyl (C=O) groups excluding carboxylic acids is 2. The van der Waals surface area contributed by atoms with Crippen LogP contribution in [-0.4, -0.2) is 34.7 Å². The van der Waals surface area contributed by atoms with E-state index >= 15 is 0 Å². The summed E-state index contributed by atoms with van der Waals surface area (Å²) in [7, 11) is 1.28. The number of methoxy groups -OCH3 is 1. The quantitative estimate of drug-likeness (QED) is 0.825. The Morgan fingerprint density at radius 2 is 2.00 bits per heavy atom. The zero-order valence-electron chi connectivity index (χ0n) is 15.1. The number of hydrogen-bond donors (Lipinski definition) is 1. The Labute approximate surface area is 147 Å². The van der Waals surface area contributed by atoms with Gasteiger partial charge in [0.1, 0.15) is 11.7 Å². The molecule has 6 heteroatoms. The van der Waals surface area contributed by atoms with Crippen LogP contribution in [0.4, 0.5) is 5.69 Å². The molecule has 1 aliphatic rings. The van der Waals surface area contributed by atoms with E-state index in [-0.39, 0.29) is 23.5 Å². The number of hydrogen-bond acceptors (Lipinski definition) is 6. The molecule has 1 unspecified atom stereocenters. The summed E-state index contributed by atoms with van der Waals surface area (Å²) in [5, 5.41) is 10.8. The fourth-order valence-electron chi connectivity index (χ4n) is 3.16. The van der Waals surface area contributed by atoms with Crippen LogP contribution in [0.1, 0.15) is 40.0 Å². The highest BCUT2D eigenvalue weighted by Crippen LogP contribution is 2.43. The van der Waals surface area contributed by atoms with Crippen molar-refractivity contribution in [1.82, 2.24) is 4.98 Å². The van der Waals surface area contributed by atoms with Crippen molar-refractivity contribution in [3.05, 3.63) is 35.9 Å². The van der Waals surface area contributed by atoms with Gasteiger partial charge in [-0.05, 0) is 30.4 Å². The molecule has 1 aromatic rings. The maximum absolute atomic E-state index is 12.6. The number of carbonyl (C=O) groups is 2. The maximum Gasteiger partial charge on any atom is 0.316 e. The van der Waals surface area contributed by atoms with Gasteiger partial charge in [0.05, 0.1) is 24.1 Å². The second kappa shape index (κ2) is 7.59. The first kappa shape index (κ1) is 18.8. The Balaban J connectivity index is 2.62. The molecule has 25 heavy (non-hydrogen) atoms. The van der Waals surface area contributed by atoms with Gasteiger partial charge in [0.15, 0.2) is 5.78 Å². The molecule has 1 aliphatic carbocycles. The van der Waals surface area contributed by atoms with Crippen LogP contribution in [0.25, 0.3) is 0 Å². The number of aromatic nitrogens is 1. The number of aliphatic hydroxyl groups excluding tert-OH is 1. The molecule has 1 atom stereocenters. The Morgan fingerprint density at radius 3 is 2.56 bits per heavy atom. The number of allylic oxidation sites excluding steroid dienone is 1. The van der Waals surface area contributed by atoms with Crippen LogP contribution in [0.5, 0.6) is 0 Å². The lowest BCUT2D eigenvalue weighted by atomic mass is 9.67. The van der Waals surface area contributed by atoms with E-state index in [2.05, 4.69) is 9.98 Å². The molecule has 1 aromatic heterocycles. The fraction of sp³-hybridized carbons (Fsp3) is 0.474. The number of pyridine rings is 1. The Morgan fingerprint density at radius 1 is 1.36 bits per heavy atom. The molecular formula is C19H24N2O4. The molecule has 0 aliphatic heterocycles. The average Bonchev–Trinajstić information content (AvgIpc) is 2.54. The van der Waals surface area contributed by atoms with E-state index in [4.69, 9.17) is 4.74 Å². The minimum Gasteiger partial charge on any atom is -0.511 e. The standard InChI is InChI=1S/C19H24N2O4/c1-5-6-14(22)15-13(21-12-7-9-20-10-8-12)11-19(2,3)16(17(15)23)18(24)25-4/h7-10,16,23H,5-6,11H2,1-4H3. The lowest BCUT2D eigenvalue weighted by Gasteiger charge is -2.37. The number of ketones is 1. The van der Waals surface area contributed by atoms with E-state index in [1.165, 1.54) is 7.11 Å². The topological polar surface area (TPSA) is 88.8 Å². The molecule has 0 saturated carbocycles. The third-order valence-electron chi connectivity index (χ3n) is 4.34. The zero-order valence-corrected chi connectivity index (χ0v) is 15.1. The second-order valence-electron chi connectivity index (χ2n) is 6.82. The van der Waals surface area contributed by atoms with Crippen LogP contribution in [0, 0.1) is 11.3 Å². The fourth-order valence-corrected chi connectivity index (χ4v) is 3.16. The van der Waals surface area contributed by atoms with Crippen molar-refractivity contribution in [3.8, 4) is 0 Å². The molecule has 1 N–H and O–H groups in total. The number of aliphatic imine (C=N–C) groups is 1. The van der Waals surface area contributed by atoms with Gasteiger partial charge in [-0.2, -0.15) is 0 Å². The van der Waals surface area contributed by atoms with Crippen molar-refractivity contribution in [2.24, 2.45) is 16.3 Å². The van der Waals surface area contributed by atoms with Gasteiger partial charge in [-0.3, -0.25) is 19.6 Å². The van der Waals surface area contributed by atoms with Gasteiger partial charge < -0.3 is 9.84 Å². The van der Waals surface area contributed by atoms with Gasteiger partial charge >= 0.3 is 5.97 Å². The monoisotopic (exact) mass is 344 g/mol. The molecule has 134 valence electrons. The third-order valence-corrected chi connectivity index (χ3v) is 4.34. The van der Waals surface area contributed by atoms with Crippen LogP contribution >= 0.6 is 0 Å². The summed E-state index contributed by atoms with van der Waals surface area (Å²) in [6.45, 7) is 5.60. The Kier molecular flexibility index (Phi) is 5.72. The largest absolute Gasteiger partial charge is 0.511 e. The van der Waals surface area contributed by atoms with Gasteiger partial charge in [-0.15, -0.1) is 0 Å². The molecule has 0 aromatic carbocycles. The van der Waals surface area contributed by atoms with E-state index < -0.39 is 17.3 Å². The first-order chi connectivity index (χ1) is 11.8. The summed E-state index contributed by atoms with van der Waals surface area (Å²) in [4.78, 5) is 33.3. The normalized spacial score (nSPS) is 21.3. The van der Waals surface area contributed by atoms with Crippen molar-refractivity contribution in [1.29, 1.82) is 0 Å². The molecule has 0 radical (unpaired) electrons. The molecule has 0 saturated heterocycles.